The highest BCUT2D eigenvalue weighted by Crippen LogP contribution is 2.20. The van der Waals surface area contributed by atoms with E-state index < -0.39 is 0 Å². The number of ether oxygens (including phenoxy) is 3. The third kappa shape index (κ3) is 7.12. The van der Waals surface area contributed by atoms with Gasteiger partial charge in [0, 0.05) is 32.3 Å². The average Bonchev–Trinajstić information content (AvgIpc) is 2.72. The number of aryl methyl sites for hydroxylation is 1. The first-order chi connectivity index (χ1) is 13.7. The number of rotatable bonds is 10. The second-order valence-electron chi connectivity index (χ2n) is 6.29. The highest BCUT2D eigenvalue weighted by Gasteiger charge is 2.06. The van der Waals surface area contributed by atoms with Crippen LogP contribution in [0.2, 0.25) is 0 Å². The van der Waals surface area contributed by atoms with E-state index in [2.05, 4.69) is 40.7 Å². The minimum absolute atomic E-state index is 0.535. The van der Waals surface area contributed by atoms with Crippen LogP contribution in [0.1, 0.15) is 23.6 Å². The highest BCUT2D eigenvalue weighted by molar-refractivity contribution is 5.79. The molecule has 28 heavy (non-hydrogen) atoms. The predicted octanol–water partition coefficient (Wildman–Crippen LogP) is 3.28. The van der Waals surface area contributed by atoms with Gasteiger partial charge in [-0.3, -0.25) is 4.99 Å². The van der Waals surface area contributed by atoms with Gasteiger partial charge in [0.2, 0.25) is 0 Å². The molecule has 6 nitrogen and oxygen atoms in total. The topological polar surface area (TPSA) is 64.1 Å². The van der Waals surface area contributed by atoms with Gasteiger partial charge in [-0.25, -0.2) is 0 Å². The molecule has 2 aromatic rings. The summed E-state index contributed by atoms with van der Waals surface area (Å²) in [5.74, 6) is 2.44. The first kappa shape index (κ1) is 21.6. The lowest BCUT2D eigenvalue weighted by Gasteiger charge is -2.16. The Balaban J connectivity index is 1.91. The fraction of sp³-hybridized carbons (Fsp3) is 0.409. The molecule has 0 amide bonds. The monoisotopic (exact) mass is 385 g/mol. The van der Waals surface area contributed by atoms with Gasteiger partial charge in [-0.2, -0.15) is 0 Å². The van der Waals surface area contributed by atoms with Crippen LogP contribution >= 0.6 is 0 Å². The molecule has 152 valence electrons. The van der Waals surface area contributed by atoms with E-state index in [1.165, 1.54) is 0 Å². The molecule has 2 rings (SSSR count). The maximum Gasteiger partial charge on any atom is 0.191 e. The van der Waals surface area contributed by atoms with Gasteiger partial charge in [0.15, 0.2) is 5.96 Å². The molecule has 0 spiro atoms. The fourth-order valence-corrected chi connectivity index (χ4v) is 2.66. The molecular weight excluding hydrogens is 354 g/mol. The van der Waals surface area contributed by atoms with E-state index in [4.69, 9.17) is 14.2 Å². The SMILES string of the molecule is CCOCCOc1cc(C)ccc1CNC(=NC)NCc1cccc(OC)c1. The molecule has 0 atom stereocenters. The molecule has 2 N–H and O–H groups in total. The van der Waals surface area contributed by atoms with Crippen molar-refractivity contribution in [3.8, 4) is 11.5 Å². The van der Waals surface area contributed by atoms with Gasteiger partial charge < -0.3 is 24.8 Å². The summed E-state index contributed by atoms with van der Waals surface area (Å²) >= 11 is 0. The van der Waals surface area contributed by atoms with Crippen LogP contribution in [-0.4, -0.2) is 39.9 Å². The Labute approximate surface area is 167 Å². The van der Waals surface area contributed by atoms with Gasteiger partial charge in [0.05, 0.1) is 13.7 Å². The normalized spacial score (nSPS) is 11.2. The first-order valence-corrected chi connectivity index (χ1v) is 9.53. The summed E-state index contributed by atoms with van der Waals surface area (Å²) in [4.78, 5) is 4.30. The molecule has 0 aliphatic heterocycles. The smallest absolute Gasteiger partial charge is 0.191 e. The van der Waals surface area contributed by atoms with Gasteiger partial charge in [0.1, 0.15) is 18.1 Å². The second-order valence-corrected chi connectivity index (χ2v) is 6.29. The van der Waals surface area contributed by atoms with Gasteiger partial charge in [0.25, 0.3) is 0 Å². The predicted molar refractivity (Wildman–Crippen MR) is 113 cm³/mol. The molecule has 6 heteroatoms. The van der Waals surface area contributed by atoms with Crippen molar-refractivity contribution in [2.45, 2.75) is 26.9 Å². The number of guanidine groups is 1. The van der Waals surface area contributed by atoms with Gasteiger partial charge >= 0.3 is 0 Å². The Bertz CT molecular complexity index is 762. The Morgan fingerprint density at radius 2 is 1.86 bits per heavy atom. The van der Waals surface area contributed by atoms with E-state index in [-0.39, 0.29) is 0 Å². The summed E-state index contributed by atoms with van der Waals surface area (Å²) in [5, 5.41) is 6.66. The minimum Gasteiger partial charge on any atom is -0.497 e. The molecule has 0 aliphatic carbocycles. The lowest BCUT2D eigenvalue weighted by atomic mass is 10.1. The van der Waals surface area contributed by atoms with Crippen LogP contribution in [0.5, 0.6) is 11.5 Å². The van der Waals surface area contributed by atoms with Gasteiger partial charge in [-0.15, -0.1) is 0 Å². The summed E-state index contributed by atoms with van der Waals surface area (Å²) < 4.78 is 16.5. The maximum atomic E-state index is 5.90. The molecule has 0 heterocycles. The van der Waals surface area contributed by atoms with Crippen molar-refractivity contribution in [3.05, 3.63) is 59.2 Å². The van der Waals surface area contributed by atoms with Crippen LogP contribution in [0.15, 0.2) is 47.5 Å². The van der Waals surface area contributed by atoms with Crippen LogP contribution in [0.3, 0.4) is 0 Å². The number of aliphatic imine (C=N–C) groups is 1. The maximum absolute atomic E-state index is 5.90. The van der Waals surface area contributed by atoms with Crippen molar-refractivity contribution in [2.24, 2.45) is 4.99 Å². The third-order valence-corrected chi connectivity index (χ3v) is 4.18. The van der Waals surface area contributed by atoms with Crippen LogP contribution < -0.4 is 20.1 Å². The van der Waals surface area contributed by atoms with E-state index >= 15 is 0 Å². The first-order valence-electron chi connectivity index (χ1n) is 9.53. The van der Waals surface area contributed by atoms with Crippen molar-refractivity contribution < 1.29 is 14.2 Å². The molecular formula is C22H31N3O3. The molecule has 0 unspecified atom stereocenters. The lowest BCUT2D eigenvalue weighted by molar-refractivity contribution is 0.110. The number of nitrogens with zero attached hydrogens (tertiary/aromatic N) is 1. The number of nitrogens with one attached hydrogen (secondary N) is 2. The Morgan fingerprint density at radius 3 is 2.61 bits per heavy atom. The molecule has 0 aliphatic rings. The van der Waals surface area contributed by atoms with Crippen LogP contribution in [0.4, 0.5) is 0 Å². The molecule has 0 bridgehead atoms. The highest BCUT2D eigenvalue weighted by atomic mass is 16.5. The van der Waals surface area contributed by atoms with Crippen molar-refractivity contribution >= 4 is 5.96 Å². The summed E-state index contributed by atoms with van der Waals surface area (Å²) in [5.41, 5.74) is 3.36. The zero-order chi connectivity index (χ0) is 20.2. The Kier molecular flexibility index (Phi) is 9.15. The van der Waals surface area contributed by atoms with E-state index in [9.17, 15) is 0 Å². The van der Waals surface area contributed by atoms with Crippen molar-refractivity contribution in [1.82, 2.24) is 10.6 Å². The Hall–Kier alpha value is -2.73. The van der Waals surface area contributed by atoms with E-state index in [0.29, 0.717) is 32.9 Å². The fourth-order valence-electron chi connectivity index (χ4n) is 2.66. The number of methoxy groups -OCH3 is 1. The average molecular weight is 386 g/mol. The second kappa shape index (κ2) is 11.9. The van der Waals surface area contributed by atoms with Crippen molar-refractivity contribution in [2.75, 3.05) is 34.0 Å². The number of benzene rings is 2. The van der Waals surface area contributed by atoms with E-state index in [0.717, 1.165) is 34.1 Å². The summed E-state index contributed by atoms with van der Waals surface area (Å²) in [6.45, 7) is 7.12. The quantitative estimate of drug-likeness (QED) is 0.373. The minimum atomic E-state index is 0.535. The number of hydrogen-bond acceptors (Lipinski definition) is 4. The summed E-state index contributed by atoms with van der Waals surface area (Å²) in [7, 11) is 3.43. The standard InChI is InChI=1S/C22H31N3O3/c1-5-27-11-12-28-21-13-17(2)9-10-19(21)16-25-22(23-3)24-15-18-7-6-8-20(14-18)26-4/h6-10,13-14H,5,11-12,15-16H2,1-4H3,(H2,23,24,25). The van der Waals surface area contributed by atoms with Gasteiger partial charge in [-0.05, 0) is 43.2 Å². The molecule has 0 saturated heterocycles. The zero-order valence-corrected chi connectivity index (χ0v) is 17.2. The summed E-state index contributed by atoms with van der Waals surface area (Å²) in [6.07, 6.45) is 0. The summed E-state index contributed by atoms with van der Waals surface area (Å²) in [6, 6.07) is 14.2. The number of hydrogen-bond donors (Lipinski definition) is 2. The molecule has 0 fully saturated rings. The van der Waals surface area contributed by atoms with E-state index in [1.54, 1.807) is 14.2 Å². The lowest BCUT2D eigenvalue weighted by Crippen LogP contribution is -2.36. The van der Waals surface area contributed by atoms with Crippen molar-refractivity contribution in [3.63, 3.8) is 0 Å². The van der Waals surface area contributed by atoms with Crippen molar-refractivity contribution in [1.29, 1.82) is 0 Å². The largest absolute Gasteiger partial charge is 0.497 e. The van der Waals surface area contributed by atoms with Crippen LogP contribution in [0.25, 0.3) is 0 Å². The molecule has 0 aromatic heterocycles. The Morgan fingerprint density at radius 1 is 1.04 bits per heavy atom. The molecule has 0 saturated carbocycles. The van der Waals surface area contributed by atoms with Gasteiger partial charge in [-0.1, -0.05) is 24.3 Å². The zero-order valence-electron chi connectivity index (χ0n) is 17.2. The molecule has 0 radical (unpaired) electrons. The van der Waals surface area contributed by atoms with Crippen LogP contribution in [-0.2, 0) is 17.8 Å². The third-order valence-electron chi connectivity index (χ3n) is 4.18. The van der Waals surface area contributed by atoms with Crippen LogP contribution in [0, 0.1) is 6.92 Å². The molecule has 2 aromatic carbocycles. The van der Waals surface area contributed by atoms with E-state index in [1.807, 2.05) is 31.2 Å².